The molecule has 0 radical (unpaired) electrons. The highest BCUT2D eigenvalue weighted by Gasteiger charge is 2.24. The van der Waals surface area contributed by atoms with Gasteiger partial charge >= 0.3 is 0 Å². The van der Waals surface area contributed by atoms with E-state index in [4.69, 9.17) is 22.1 Å². The Balaban J connectivity index is 2.21. The number of nitrogen functional groups attached to an aromatic ring is 1. The van der Waals surface area contributed by atoms with E-state index in [2.05, 4.69) is 0 Å². The van der Waals surface area contributed by atoms with E-state index in [9.17, 15) is 0 Å². The van der Waals surface area contributed by atoms with Crippen molar-refractivity contribution in [2.75, 3.05) is 5.73 Å². The Hall–Kier alpha value is -0.890. The van der Waals surface area contributed by atoms with Crippen LogP contribution in [-0.4, -0.2) is 6.10 Å². The summed E-state index contributed by atoms with van der Waals surface area (Å²) in [7, 11) is 0. The van der Waals surface area contributed by atoms with E-state index in [1.54, 1.807) is 18.2 Å². The van der Waals surface area contributed by atoms with Gasteiger partial charge in [-0.1, -0.05) is 11.6 Å². The van der Waals surface area contributed by atoms with Crippen LogP contribution < -0.4 is 10.5 Å². The van der Waals surface area contributed by atoms with Gasteiger partial charge in [0.25, 0.3) is 0 Å². The summed E-state index contributed by atoms with van der Waals surface area (Å²) in [4.78, 5) is 0. The molecule has 0 heterocycles. The van der Waals surface area contributed by atoms with Crippen LogP contribution in [0.5, 0.6) is 5.75 Å². The molecular weight excluding hydrogens is 174 g/mol. The number of nitrogens with two attached hydrogens (primary N) is 1. The minimum atomic E-state index is 0.365. The average molecular weight is 184 g/mol. The minimum Gasteiger partial charge on any atom is -0.489 e. The van der Waals surface area contributed by atoms with Gasteiger partial charge in [-0.3, -0.25) is 0 Å². The summed E-state index contributed by atoms with van der Waals surface area (Å²) in [6, 6.07) is 5.29. The van der Waals surface area contributed by atoms with Crippen molar-refractivity contribution < 1.29 is 4.74 Å². The van der Waals surface area contributed by atoms with Crippen molar-refractivity contribution in [3.8, 4) is 5.75 Å². The maximum absolute atomic E-state index is 5.89. The van der Waals surface area contributed by atoms with Crippen LogP contribution in [0.25, 0.3) is 0 Å². The molecule has 12 heavy (non-hydrogen) atoms. The molecule has 0 unspecified atom stereocenters. The number of anilines is 1. The fourth-order valence-electron chi connectivity index (χ4n) is 0.976. The highest BCUT2D eigenvalue weighted by Crippen LogP contribution is 2.32. The molecule has 3 heteroatoms. The smallest absolute Gasteiger partial charge is 0.140 e. The first-order chi connectivity index (χ1) is 5.75. The number of halogens is 1. The van der Waals surface area contributed by atoms with Crippen molar-refractivity contribution in [1.29, 1.82) is 0 Å². The molecule has 0 aliphatic heterocycles. The molecule has 0 bridgehead atoms. The maximum atomic E-state index is 5.89. The standard InChI is InChI=1S/C9H10ClNO/c10-8-4-1-6(11)5-9(8)12-7-2-3-7/h1,4-5,7H,2-3,11H2. The van der Waals surface area contributed by atoms with Crippen LogP contribution in [0.15, 0.2) is 18.2 Å². The molecule has 64 valence electrons. The molecule has 1 aliphatic carbocycles. The van der Waals surface area contributed by atoms with E-state index in [1.807, 2.05) is 0 Å². The summed E-state index contributed by atoms with van der Waals surface area (Å²) in [5.41, 5.74) is 6.27. The number of benzene rings is 1. The van der Waals surface area contributed by atoms with E-state index in [1.165, 1.54) is 0 Å². The van der Waals surface area contributed by atoms with Gasteiger partial charge in [-0.2, -0.15) is 0 Å². The summed E-state index contributed by atoms with van der Waals surface area (Å²) in [5, 5.41) is 0.635. The van der Waals surface area contributed by atoms with Gasteiger partial charge in [0, 0.05) is 11.8 Å². The van der Waals surface area contributed by atoms with Crippen molar-refractivity contribution in [2.45, 2.75) is 18.9 Å². The van der Waals surface area contributed by atoms with Crippen LogP contribution in [0.2, 0.25) is 5.02 Å². The van der Waals surface area contributed by atoms with Gasteiger partial charge in [-0.25, -0.2) is 0 Å². The maximum Gasteiger partial charge on any atom is 0.140 e. The predicted molar refractivity (Wildman–Crippen MR) is 49.5 cm³/mol. The molecule has 0 amide bonds. The fourth-order valence-corrected chi connectivity index (χ4v) is 1.14. The van der Waals surface area contributed by atoms with Crippen molar-refractivity contribution in [1.82, 2.24) is 0 Å². The second-order valence-corrected chi connectivity index (χ2v) is 3.41. The Bertz CT molecular complexity index is 297. The molecule has 0 spiro atoms. The average Bonchev–Trinajstić information content (AvgIpc) is 2.81. The number of hydrogen-bond donors (Lipinski definition) is 1. The topological polar surface area (TPSA) is 35.2 Å². The normalized spacial score (nSPS) is 16.1. The number of ether oxygens (including phenoxy) is 1. The molecule has 2 rings (SSSR count). The van der Waals surface area contributed by atoms with E-state index < -0.39 is 0 Å². The zero-order chi connectivity index (χ0) is 8.55. The van der Waals surface area contributed by atoms with Gasteiger partial charge in [0.15, 0.2) is 0 Å². The lowest BCUT2D eigenvalue weighted by atomic mass is 10.3. The molecule has 1 aliphatic rings. The number of hydrogen-bond acceptors (Lipinski definition) is 2. The first kappa shape index (κ1) is 7.74. The molecule has 0 aromatic heterocycles. The van der Waals surface area contributed by atoms with E-state index in [-0.39, 0.29) is 0 Å². The first-order valence-corrected chi connectivity index (χ1v) is 4.35. The molecule has 0 saturated heterocycles. The van der Waals surface area contributed by atoms with Crippen molar-refractivity contribution in [3.63, 3.8) is 0 Å². The zero-order valence-corrected chi connectivity index (χ0v) is 7.34. The van der Waals surface area contributed by atoms with Gasteiger partial charge in [0.1, 0.15) is 5.75 Å². The van der Waals surface area contributed by atoms with Gasteiger partial charge in [-0.15, -0.1) is 0 Å². The van der Waals surface area contributed by atoms with Crippen molar-refractivity contribution in [2.24, 2.45) is 0 Å². The van der Waals surface area contributed by atoms with Crippen molar-refractivity contribution in [3.05, 3.63) is 23.2 Å². The Kier molecular flexibility index (Phi) is 1.85. The predicted octanol–water partition coefficient (Wildman–Crippen LogP) is 2.46. The van der Waals surface area contributed by atoms with Crippen LogP contribution >= 0.6 is 11.6 Å². The summed E-state index contributed by atoms with van der Waals surface area (Å²) in [6.07, 6.45) is 2.63. The molecule has 2 nitrogen and oxygen atoms in total. The SMILES string of the molecule is Nc1ccc(Cl)c(OC2CC2)c1. The van der Waals surface area contributed by atoms with Crippen molar-refractivity contribution >= 4 is 17.3 Å². The van der Waals surface area contributed by atoms with E-state index in [0.717, 1.165) is 12.8 Å². The molecule has 1 aromatic rings. The van der Waals surface area contributed by atoms with Crippen LogP contribution in [0.4, 0.5) is 5.69 Å². The Morgan fingerprint density at radius 2 is 2.17 bits per heavy atom. The monoisotopic (exact) mass is 183 g/mol. The van der Waals surface area contributed by atoms with Crippen LogP contribution in [0, 0.1) is 0 Å². The van der Waals surface area contributed by atoms with Gasteiger partial charge in [0.05, 0.1) is 11.1 Å². The molecular formula is C9H10ClNO. The second kappa shape index (κ2) is 2.87. The van der Waals surface area contributed by atoms with Crippen LogP contribution in [0.1, 0.15) is 12.8 Å². The summed E-state index contributed by atoms with van der Waals surface area (Å²) in [6.45, 7) is 0. The summed E-state index contributed by atoms with van der Waals surface area (Å²) >= 11 is 5.89. The van der Waals surface area contributed by atoms with Crippen LogP contribution in [-0.2, 0) is 0 Å². The van der Waals surface area contributed by atoms with Gasteiger partial charge in [0.2, 0.25) is 0 Å². The lowest BCUT2D eigenvalue weighted by Gasteiger charge is -2.06. The molecule has 0 atom stereocenters. The van der Waals surface area contributed by atoms with Gasteiger partial charge in [-0.05, 0) is 25.0 Å². The van der Waals surface area contributed by atoms with Gasteiger partial charge < -0.3 is 10.5 Å². The molecule has 1 saturated carbocycles. The lowest BCUT2D eigenvalue weighted by Crippen LogP contribution is -1.97. The Labute approximate surface area is 76.3 Å². The summed E-state index contributed by atoms with van der Waals surface area (Å²) < 4.78 is 5.52. The Morgan fingerprint density at radius 1 is 1.42 bits per heavy atom. The highest BCUT2D eigenvalue weighted by atomic mass is 35.5. The Morgan fingerprint density at radius 3 is 2.83 bits per heavy atom. The molecule has 1 fully saturated rings. The highest BCUT2D eigenvalue weighted by molar-refractivity contribution is 6.32. The van der Waals surface area contributed by atoms with Crippen LogP contribution in [0.3, 0.4) is 0 Å². The first-order valence-electron chi connectivity index (χ1n) is 3.97. The zero-order valence-electron chi connectivity index (χ0n) is 6.59. The van der Waals surface area contributed by atoms with E-state index >= 15 is 0 Å². The minimum absolute atomic E-state index is 0.365. The molecule has 2 N–H and O–H groups in total. The lowest BCUT2D eigenvalue weighted by molar-refractivity contribution is 0.303. The van der Waals surface area contributed by atoms with E-state index in [0.29, 0.717) is 22.6 Å². The third-order valence-corrected chi connectivity index (χ3v) is 2.09. The summed E-state index contributed by atoms with van der Waals surface area (Å²) in [5.74, 6) is 0.708. The quantitative estimate of drug-likeness (QED) is 0.715. The third-order valence-electron chi connectivity index (χ3n) is 1.77. The molecule has 1 aromatic carbocycles. The largest absolute Gasteiger partial charge is 0.489 e. The number of rotatable bonds is 2. The second-order valence-electron chi connectivity index (χ2n) is 3.01. The third kappa shape index (κ3) is 1.64. The fraction of sp³-hybridized carbons (Fsp3) is 0.333.